The lowest BCUT2D eigenvalue weighted by Crippen LogP contribution is -2.19. The summed E-state index contributed by atoms with van der Waals surface area (Å²) in [5, 5.41) is 0. The summed E-state index contributed by atoms with van der Waals surface area (Å²) < 4.78 is 4.58. The quantitative estimate of drug-likeness (QED) is 0.665. The van der Waals surface area contributed by atoms with Gasteiger partial charge in [0.25, 0.3) is 0 Å². The molecule has 3 heteroatoms. The molecule has 0 radical (unpaired) electrons. The zero-order chi connectivity index (χ0) is 11.3. The third kappa shape index (κ3) is 4.19. The number of hydrogen-bond donors (Lipinski definition) is 0. The summed E-state index contributed by atoms with van der Waals surface area (Å²) in [4.78, 5) is 13.0. The molecule has 0 aromatic rings. The zero-order valence-electron chi connectivity index (χ0n) is 9.69. The molecule has 0 N–H and O–H groups in total. The first-order valence-corrected chi connectivity index (χ1v) is 5.25. The number of nitrogens with zero attached hydrogens (tertiary/aromatic N) is 1. The molecule has 1 heterocycles. The van der Waals surface area contributed by atoms with Gasteiger partial charge < -0.3 is 9.64 Å². The summed E-state index contributed by atoms with van der Waals surface area (Å²) in [5.41, 5.74) is 0.152. The number of carbonyl (C=O) groups is 1. The molecular formula is C12H19NO2. The van der Waals surface area contributed by atoms with Crippen LogP contribution in [0.5, 0.6) is 0 Å². The Bertz CT molecular complexity index is 263. The van der Waals surface area contributed by atoms with E-state index in [0.717, 1.165) is 13.0 Å². The molecule has 1 aliphatic rings. The molecule has 0 spiro atoms. The third-order valence-corrected chi connectivity index (χ3v) is 2.42. The number of carbonyl (C=O) groups excluding carboxylic acids is 1. The van der Waals surface area contributed by atoms with Crippen LogP contribution in [-0.4, -0.2) is 24.5 Å². The maximum atomic E-state index is 10.9. The van der Waals surface area contributed by atoms with Crippen molar-refractivity contribution in [3.8, 4) is 0 Å². The van der Waals surface area contributed by atoms with Crippen LogP contribution in [0.4, 0.5) is 0 Å². The lowest BCUT2D eigenvalue weighted by Gasteiger charge is -2.25. The molecular weight excluding hydrogens is 190 g/mol. The van der Waals surface area contributed by atoms with Crippen LogP contribution in [0.15, 0.2) is 24.6 Å². The van der Waals surface area contributed by atoms with Gasteiger partial charge in [-0.2, -0.15) is 0 Å². The van der Waals surface area contributed by atoms with Crippen LogP contribution in [0.25, 0.3) is 0 Å². The molecule has 0 aromatic heterocycles. The van der Waals surface area contributed by atoms with Gasteiger partial charge in [0, 0.05) is 30.8 Å². The Hall–Kier alpha value is -1.25. The van der Waals surface area contributed by atoms with Crippen LogP contribution in [-0.2, 0) is 9.53 Å². The van der Waals surface area contributed by atoms with Crippen molar-refractivity contribution in [3.05, 3.63) is 24.6 Å². The van der Waals surface area contributed by atoms with Gasteiger partial charge in [0.05, 0.1) is 7.11 Å². The fraction of sp³-hybridized carbons (Fsp3) is 0.583. The molecule has 0 atom stereocenters. The molecule has 0 aliphatic carbocycles. The van der Waals surface area contributed by atoms with E-state index in [1.165, 1.54) is 7.11 Å². The minimum atomic E-state index is -0.139. The highest BCUT2D eigenvalue weighted by atomic mass is 16.5. The van der Waals surface area contributed by atoms with Gasteiger partial charge in [0.2, 0.25) is 0 Å². The highest BCUT2D eigenvalue weighted by Gasteiger charge is 2.13. The molecule has 0 unspecified atom stereocenters. The van der Waals surface area contributed by atoms with E-state index < -0.39 is 0 Å². The average Bonchev–Trinajstić information content (AvgIpc) is 2.20. The standard InChI is InChI=1S/C12H19NO2/c1-12(2)6-9-13(10-7-12)8-4-5-11(14)15-3/h6-7,9-10H,4-5,8H2,1-3H3. The lowest BCUT2D eigenvalue weighted by atomic mass is 9.92. The number of rotatable bonds is 4. The van der Waals surface area contributed by atoms with E-state index in [9.17, 15) is 4.79 Å². The van der Waals surface area contributed by atoms with E-state index in [4.69, 9.17) is 0 Å². The van der Waals surface area contributed by atoms with E-state index in [1.807, 2.05) is 0 Å². The lowest BCUT2D eigenvalue weighted by molar-refractivity contribution is -0.140. The summed E-state index contributed by atoms with van der Waals surface area (Å²) in [6.07, 6.45) is 9.75. The van der Waals surface area contributed by atoms with Crippen LogP contribution < -0.4 is 0 Å². The Morgan fingerprint density at radius 1 is 1.33 bits per heavy atom. The fourth-order valence-corrected chi connectivity index (χ4v) is 1.34. The topological polar surface area (TPSA) is 29.5 Å². The van der Waals surface area contributed by atoms with Crippen LogP contribution in [0.2, 0.25) is 0 Å². The minimum absolute atomic E-state index is 0.139. The summed E-state index contributed by atoms with van der Waals surface area (Å²) in [6.45, 7) is 5.18. The third-order valence-electron chi connectivity index (χ3n) is 2.42. The first-order chi connectivity index (χ1) is 7.03. The number of allylic oxidation sites excluding steroid dienone is 2. The second kappa shape index (κ2) is 5.01. The van der Waals surface area contributed by atoms with E-state index in [1.54, 1.807) is 0 Å². The predicted molar refractivity (Wildman–Crippen MR) is 60.0 cm³/mol. The highest BCUT2D eigenvalue weighted by Crippen LogP contribution is 2.23. The van der Waals surface area contributed by atoms with Gasteiger partial charge in [-0.1, -0.05) is 26.0 Å². The van der Waals surface area contributed by atoms with Crippen molar-refractivity contribution in [3.63, 3.8) is 0 Å². The van der Waals surface area contributed by atoms with Gasteiger partial charge in [-0.05, 0) is 6.42 Å². The first kappa shape index (κ1) is 11.8. The summed E-state index contributed by atoms with van der Waals surface area (Å²) in [5.74, 6) is -0.139. The smallest absolute Gasteiger partial charge is 0.305 e. The van der Waals surface area contributed by atoms with E-state index in [2.05, 4.69) is 48.0 Å². The zero-order valence-corrected chi connectivity index (χ0v) is 9.69. The molecule has 1 rings (SSSR count). The fourth-order valence-electron chi connectivity index (χ4n) is 1.34. The maximum Gasteiger partial charge on any atom is 0.305 e. The van der Waals surface area contributed by atoms with Gasteiger partial charge in [0.15, 0.2) is 0 Å². The van der Waals surface area contributed by atoms with Crippen molar-refractivity contribution < 1.29 is 9.53 Å². The van der Waals surface area contributed by atoms with Gasteiger partial charge in [-0.3, -0.25) is 4.79 Å². The molecule has 3 nitrogen and oxygen atoms in total. The monoisotopic (exact) mass is 209 g/mol. The first-order valence-electron chi connectivity index (χ1n) is 5.25. The van der Waals surface area contributed by atoms with Crippen LogP contribution in [0.1, 0.15) is 26.7 Å². The van der Waals surface area contributed by atoms with Crippen molar-refractivity contribution in [1.29, 1.82) is 0 Å². The molecule has 15 heavy (non-hydrogen) atoms. The van der Waals surface area contributed by atoms with Gasteiger partial charge in [-0.25, -0.2) is 0 Å². The summed E-state index contributed by atoms with van der Waals surface area (Å²) in [7, 11) is 1.42. The SMILES string of the molecule is COC(=O)CCCN1C=CC(C)(C)C=C1. The Labute approximate surface area is 91.4 Å². The molecule has 1 aliphatic heterocycles. The summed E-state index contributed by atoms with van der Waals surface area (Å²) in [6, 6.07) is 0. The van der Waals surface area contributed by atoms with Crippen molar-refractivity contribution in [2.24, 2.45) is 5.41 Å². The normalized spacial score (nSPS) is 17.9. The van der Waals surface area contributed by atoms with Crippen LogP contribution >= 0.6 is 0 Å². The number of hydrogen-bond acceptors (Lipinski definition) is 3. The number of ether oxygens (including phenoxy) is 1. The van der Waals surface area contributed by atoms with E-state index in [-0.39, 0.29) is 11.4 Å². The second-order valence-corrected chi connectivity index (χ2v) is 4.37. The van der Waals surface area contributed by atoms with Crippen LogP contribution in [0.3, 0.4) is 0 Å². The van der Waals surface area contributed by atoms with Gasteiger partial charge in [0.1, 0.15) is 0 Å². The van der Waals surface area contributed by atoms with E-state index >= 15 is 0 Å². The predicted octanol–water partition coefficient (Wildman–Crippen LogP) is 2.31. The summed E-state index contributed by atoms with van der Waals surface area (Å²) >= 11 is 0. The molecule has 0 amide bonds. The van der Waals surface area contributed by atoms with Crippen molar-refractivity contribution >= 4 is 5.97 Å². The largest absolute Gasteiger partial charge is 0.469 e. The van der Waals surface area contributed by atoms with Crippen LogP contribution in [0, 0.1) is 5.41 Å². The maximum absolute atomic E-state index is 10.9. The van der Waals surface area contributed by atoms with Crippen molar-refractivity contribution in [1.82, 2.24) is 4.90 Å². The second-order valence-electron chi connectivity index (χ2n) is 4.37. The molecule has 0 fully saturated rings. The van der Waals surface area contributed by atoms with Crippen molar-refractivity contribution in [2.75, 3.05) is 13.7 Å². The Morgan fingerprint density at radius 2 is 1.93 bits per heavy atom. The molecule has 0 bridgehead atoms. The molecule has 84 valence electrons. The molecule has 0 aromatic carbocycles. The van der Waals surface area contributed by atoms with Gasteiger partial charge in [-0.15, -0.1) is 0 Å². The molecule has 0 saturated heterocycles. The van der Waals surface area contributed by atoms with E-state index in [0.29, 0.717) is 6.42 Å². The Kier molecular flexibility index (Phi) is 3.95. The molecule has 0 saturated carbocycles. The minimum Gasteiger partial charge on any atom is -0.469 e. The van der Waals surface area contributed by atoms with Crippen molar-refractivity contribution in [2.45, 2.75) is 26.7 Å². The Balaban J connectivity index is 2.25. The highest BCUT2D eigenvalue weighted by molar-refractivity contribution is 5.69. The average molecular weight is 209 g/mol. The number of esters is 1. The number of methoxy groups -OCH3 is 1. The Morgan fingerprint density at radius 3 is 2.47 bits per heavy atom. The van der Waals surface area contributed by atoms with Gasteiger partial charge >= 0.3 is 5.97 Å².